The molecule has 0 aliphatic carbocycles. The first-order chi connectivity index (χ1) is 8.24. The van der Waals surface area contributed by atoms with Crippen LogP contribution in [0, 0.1) is 0 Å². The highest BCUT2D eigenvalue weighted by Crippen LogP contribution is 2.12. The zero-order valence-corrected chi connectivity index (χ0v) is 9.96. The first-order valence-corrected chi connectivity index (χ1v) is 5.70. The molecule has 4 nitrogen and oxygen atoms in total. The van der Waals surface area contributed by atoms with Gasteiger partial charge in [0.1, 0.15) is 12.7 Å². The van der Waals surface area contributed by atoms with Gasteiger partial charge in [0.05, 0.1) is 13.0 Å². The molecule has 94 valence electrons. The SMILES string of the molecule is CCOCCC(=O)OCC(O)c1ccccc1. The summed E-state index contributed by atoms with van der Waals surface area (Å²) >= 11 is 0. The number of rotatable bonds is 7. The van der Waals surface area contributed by atoms with Crippen LogP contribution >= 0.6 is 0 Å². The number of ether oxygens (including phenoxy) is 2. The van der Waals surface area contributed by atoms with Crippen LogP contribution < -0.4 is 0 Å². The normalized spacial score (nSPS) is 12.1. The lowest BCUT2D eigenvalue weighted by Crippen LogP contribution is -2.14. The number of aliphatic hydroxyl groups is 1. The van der Waals surface area contributed by atoms with Gasteiger partial charge in [0, 0.05) is 6.61 Å². The molecule has 0 fully saturated rings. The highest BCUT2D eigenvalue weighted by Gasteiger charge is 2.10. The highest BCUT2D eigenvalue weighted by atomic mass is 16.5. The maximum atomic E-state index is 11.2. The van der Waals surface area contributed by atoms with Crippen molar-refractivity contribution < 1.29 is 19.4 Å². The summed E-state index contributed by atoms with van der Waals surface area (Å²) in [5.41, 5.74) is 0.741. The van der Waals surface area contributed by atoms with Gasteiger partial charge >= 0.3 is 5.97 Å². The molecule has 0 amide bonds. The van der Waals surface area contributed by atoms with Gasteiger partial charge in [0.25, 0.3) is 0 Å². The quantitative estimate of drug-likeness (QED) is 0.580. The van der Waals surface area contributed by atoms with Gasteiger partial charge in [-0.25, -0.2) is 0 Å². The lowest BCUT2D eigenvalue weighted by molar-refractivity contribution is -0.147. The van der Waals surface area contributed by atoms with E-state index >= 15 is 0 Å². The van der Waals surface area contributed by atoms with Crippen molar-refractivity contribution >= 4 is 5.97 Å². The lowest BCUT2D eigenvalue weighted by Gasteiger charge is -2.11. The van der Waals surface area contributed by atoms with E-state index in [-0.39, 0.29) is 19.0 Å². The van der Waals surface area contributed by atoms with Gasteiger partial charge in [0.2, 0.25) is 0 Å². The Morgan fingerprint density at radius 3 is 2.71 bits per heavy atom. The van der Waals surface area contributed by atoms with Gasteiger partial charge in [-0.2, -0.15) is 0 Å². The molecule has 0 aromatic heterocycles. The number of hydrogen-bond acceptors (Lipinski definition) is 4. The third kappa shape index (κ3) is 5.47. The fourth-order valence-corrected chi connectivity index (χ4v) is 1.32. The van der Waals surface area contributed by atoms with Gasteiger partial charge < -0.3 is 14.6 Å². The average molecular weight is 238 g/mol. The Morgan fingerprint density at radius 1 is 1.35 bits per heavy atom. The maximum absolute atomic E-state index is 11.2. The van der Waals surface area contributed by atoms with E-state index in [1.54, 1.807) is 12.1 Å². The van der Waals surface area contributed by atoms with E-state index in [0.29, 0.717) is 13.2 Å². The van der Waals surface area contributed by atoms with Crippen LogP contribution in [0.4, 0.5) is 0 Å². The minimum absolute atomic E-state index is 0.0189. The standard InChI is InChI=1S/C13H18O4/c1-2-16-9-8-13(15)17-10-12(14)11-6-4-3-5-7-11/h3-7,12,14H,2,8-10H2,1H3. The first-order valence-electron chi connectivity index (χ1n) is 5.70. The predicted molar refractivity (Wildman–Crippen MR) is 63.5 cm³/mol. The number of carbonyl (C=O) groups excluding carboxylic acids is 1. The van der Waals surface area contributed by atoms with Gasteiger partial charge in [0.15, 0.2) is 0 Å². The minimum atomic E-state index is -0.771. The Labute approximate surface area is 101 Å². The van der Waals surface area contributed by atoms with Crippen LogP contribution in [0.2, 0.25) is 0 Å². The molecule has 0 aliphatic rings. The summed E-state index contributed by atoms with van der Waals surface area (Å²) in [6, 6.07) is 9.10. The summed E-state index contributed by atoms with van der Waals surface area (Å²) in [5, 5.41) is 9.73. The Kier molecular flexibility index (Phi) is 6.29. The van der Waals surface area contributed by atoms with Crippen molar-refractivity contribution in [3.63, 3.8) is 0 Å². The molecule has 0 radical (unpaired) electrons. The number of carbonyl (C=O) groups is 1. The first kappa shape index (κ1) is 13.7. The molecule has 1 aromatic rings. The van der Waals surface area contributed by atoms with E-state index in [1.165, 1.54) is 0 Å². The van der Waals surface area contributed by atoms with E-state index in [1.807, 2.05) is 25.1 Å². The monoisotopic (exact) mass is 238 g/mol. The van der Waals surface area contributed by atoms with Gasteiger partial charge in [-0.15, -0.1) is 0 Å². The summed E-state index contributed by atoms with van der Waals surface area (Å²) in [6.45, 7) is 2.79. The molecule has 1 N–H and O–H groups in total. The zero-order valence-electron chi connectivity index (χ0n) is 9.96. The smallest absolute Gasteiger partial charge is 0.308 e. The fourth-order valence-electron chi connectivity index (χ4n) is 1.32. The average Bonchev–Trinajstić information content (AvgIpc) is 2.37. The van der Waals surface area contributed by atoms with Gasteiger partial charge in [-0.05, 0) is 12.5 Å². The number of esters is 1. The number of hydrogen-bond donors (Lipinski definition) is 1. The van der Waals surface area contributed by atoms with Crippen LogP contribution in [0.25, 0.3) is 0 Å². The molecule has 0 aliphatic heterocycles. The van der Waals surface area contributed by atoms with E-state index in [2.05, 4.69) is 0 Å². The Bertz CT molecular complexity index is 323. The van der Waals surface area contributed by atoms with Crippen LogP contribution in [-0.4, -0.2) is 30.9 Å². The van der Waals surface area contributed by atoms with Crippen molar-refractivity contribution in [2.24, 2.45) is 0 Å². The van der Waals surface area contributed by atoms with Crippen LogP contribution in [0.3, 0.4) is 0 Å². The van der Waals surface area contributed by atoms with Gasteiger partial charge in [-0.1, -0.05) is 30.3 Å². The predicted octanol–water partition coefficient (Wildman–Crippen LogP) is 1.69. The van der Waals surface area contributed by atoms with E-state index in [9.17, 15) is 9.90 Å². The molecule has 17 heavy (non-hydrogen) atoms. The van der Waals surface area contributed by atoms with E-state index in [0.717, 1.165) is 5.56 Å². The molecule has 0 saturated heterocycles. The molecule has 4 heteroatoms. The topological polar surface area (TPSA) is 55.8 Å². The van der Waals surface area contributed by atoms with Crippen LogP contribution in [0.5, 0.6) is 0 Å². The molecular formula is C13H18O4. The summed E-state index contributed by atoms with van der Waals surface area (Å²) in [7, 11) is 0. The molecule has 0 heterocycles. The van der Waals surface area contributed by atoms with Gasteiger partial charge in [-0.3, -0.25) is 4.79 Å². The molecule has 1 aromatic carbocycles. The van der Waals surface area contributed by atoms with Crippen LogP contribution in [0.1, 0.15) is 25.0 Å². The second kappa shape index (κ2) is 7.81. The third-order valence-corrected chi connectivity index (χ3v) is 2.24. The molecule has 0 bridgehead atoms. The second-order valence-corrected chi connectivity index (χ2v) is 3.56. The van der Waals surface area contributed by atoms with Crippen molar-refractivity contribution in [2.75, 3.05) is 19.8 Å². The minimum Gasteiger partial charge on any atom is -0.462 e. The third-order valence-electron chi connectivity index (χ3n) is 2.24. The van der Waals surface area contributed by atoms with E-state index in [4.69, 9.17) is 9.47 Å². The molecule has 0 spiro atoms. The summed E-state index contributed by atoms with van der Waals surface area (Å²) in [6.07, 6.45) is -0.553. The lowest BCUT2D eigenvalue weighted by atomic mass is 10.1. The summed E-state index contributed by atoms with van der Waals surface area (Å²) in [4.78, 5) is 11.2. The van der Waals surface area contributed by atoms with E-state index < -0.39 is 6.10 Å². The maximum Gasteiger partial charge on any atom is 0.308 e. The van der Waals surface area contributed by atoms with Crippen LogP contribution in [0.15, 0.2) is 30.3 Å². The Hall–Kier alpha value is -1.39. The Balaban J connectivity index is 2.24. The highest BCUT2D eigenvalue weighted by molar-refractivity contribution is 5.69. The largest absolute Gasteiger partial charge is 0.462 e. The summed E-state index contributed by atoms with van der Waals surface area (Å²) in [5.74, 6) is -0.353. The van der Waals surface area contributed by atoms with Crippen molar-refractivity contribution in [2.45, 2.75) is 19.4 Å². The fraction of sp³-hybridized carbons (Fsp3) is 0.462. The molecule has 0 saturated carbocycles. The summed E-state index contributed by atoms with van der Waals surface area (Å²) < 4.78 is 9.97. The number of aliphatic hydroxyl groups excluding tert-OH is 1. The van der Waals surface area contributed by atoms with Crippen molar-refractivity contribution in [1.29, 1.82) is 0 Å². The van der Waals surface area contributed by atoms with Crippen molar-refractivity contribution in [3.05, 3.63) is 35.9 Å². The van der Waals surface area contributed by atoms with Crippen molar-refractivity contribution in [3.8, 4) is 0 Å². The molecule has 1 unspecified atom stereocenters. The Morgan fingerprint density at radius 2 is 2.06 bits per heavy atom. The zero-order chi connectivity index (χ0) is 12.5. The van der Waals surface area contributed by atoms with Crippen molar-refractivity contribution in [1.82, 2.24) is 0 Å². The second-order valence-electron chi connectivity index (χ2n) is 3.56. The number of benzene rings is 1. The molecule has 1 rings (SSSR count). The molecule has 1 atom stereocenters. The van der Waals surface area contributed by atoms with Crippen LogP contribution in [-0.2, 0) is 14.3 Å². The molecular weight excluding hydrogens is 220 g/mol.